The molecule has 0 fully saturated rings. The highest BCUT2D eigenvalue weighted by atomic mass is 28.4. The number of pyridine rings is 1. The summed E-state index contributed by atoms with van der Waals surface area (Å²) in [6.45, 7) is 13.3. The van der Waals surface area contributed by atoms with E-state index in [1.165, 1.54) is 6.20 Å². The number of alkyl halides is 3. The van der Waals surface area contributed by atoms with Gasteiger partial charge in [0.15, 0.2) is 0 Å². The lowest BCUT2D eigenvalue weighted by atomic mass is 10.2. The molecule has 0 amide bonds. The lowest BCUT2D eigenvalue weighted by molar-refractivity contribution is -0.0925. The smallest absolute Gasteiger partial charge is 0.424 e. The van der Waals surface area contributed by atoms with Crippen molar-refractivity contribution in [2.24, 2.45) is 5.73 Å². The molecule has 3 N–H and O–H groups in total. The number of halogens is 3. The van der Waals surface area contributed by atoms with Gasteiger partial charge in [-0.05, 0) is 18.2 Å². The van der Waals surface area contributed by atoms with Crippen molar-refractivity contribution in [3.05, 3.63) is 35.8 Å². The molecule has 1 rings (SSSR count). The van der Waals surface area contributed by atoms with Crippen LogP contribution in [0.3, 0.4) is 0 Å². The Bertz CT molecular complexity index is 629. The molecule has 1 aromatic heterocycles. The number of nitrogens with zero attached hydrogens (tertiary/aromatic N) is 2. The Morgan fingerprint density at radius 2 is 1.67 bits per heavy atom. The van der Waals surface area contributed by atoms with E-state index in [0.717, 1.165) is 5.69 Å². The Hall–Kier alpha value is -1.62. The summed E-state index contributed by atoms with van der Waals surface area (Å²) in [6, 6.07) is 3.53. The van der Waals surface area contributed by atoms with Crippen LogP contribution in [0.4, 0.5) is 18.9 Å². The number of hydrogen-bond donors (Lipinski definition) is 2. The number of hydrogen-bond acceptors (Lipinski definition) is 4. The third-order valence-electron chi connectivity index (χ3n) is 3.25. The first-order valence-corrected chi connectivity index (χ1v) is 14.4. The summed E-state index contributed by atoms with van der Waals surface area (Å²) in [5, 5.41) is 7.87. The van der Waals surface area contributed by atoms with Crippen molar-refractivity contribution in [2.75, 3.05) is 4.23 Å². The second-order valence-corrected chi connectivity index (χ2v) is 17.6. The van der Waals surface area contributed by atoms with Gasteiger partial charge >= 0.3 is 6.18 Å². The number of aromatic nitrogens is 1. The molecule has 0 saturated carbocycles. The number of anilines is 1. The second-order valence-electron chi connectivity index (χ2n) is 7.59. The molecule has 134 valence electrons. The Morgan fingerprint density at radius 3 is 2.08 bits per heavy atom. The van der Waals surface area contributed by atoms with E-state index in [4.69, 9.17) is 11.1 Å². The van der Waals surface area contributed by atoms with Gasteiger partial charge in [-0.3, -0.25) is 10.4 Å². The molecule has 0 aliphatic heterocycles. The van der Waals surface area contributed by atoms with Gasteiger partial charge in [-0.2, -0.15) is 13.2 Å². The summed E-state index contributed by atoms with van der Waals surface area (Å²) >= 11 is 0. The fourth-order valence-corrected chi connectivity index (χ4v) is 12.7. The summed E-state index contributed by atoms with van der Waals surface area (Å²) < 4.78 is 40.0. The van der Waals surface area contributed by atoms with E-state index < -0.39 is 28.3 Å². The van der Waals surface area contributed by atoms with Crippen molar-refractivity contribution in [1.82, 2.24) is 4.98 Å². The van der Waals surface area contributed by atoms with Crippen molar-refractivity contribution in [3.63, 3.8) is 0 Å². The summed E-state index contributed by atoms with van der Waals surface area (Å²) in [5.74, 6) is 0. The molecule has 1 heterocycles. The second kappa shape index (κ2) is 6.71. The van der Waals surface area contributed by atoms with Crippen LogP contribution in [0.5, 0.6) is 0 Å². The van der Waals surface area contributed by atoms with Crippen LogP contribution in [0.2, 0.25) is 39.3 Å². The zero-order valence-corrected chi connectivity index (χ0v) is 16.9. The van der Waals surface area contributed by atoms with Crippen LogP contribution in [0.25, 0.3) is 0 Å². The fraction of sp³-hybridized carbons (Fsp3) is 0.467. The third-order valence-corrected chi connectivity index (χ3v) is 10.5. The van der Waals surface area contributed by atoms with Crippen LogP contribution in [0, 0.1) is 5.41 Å². The molecule has 9 heteroatoms. The van der Waals surface area contributed by atoms with Crippen LogP contribution < -0.4 is 9.96 Å². The molecular formula is C15H25F3N4Si2. The standard InChI is InChI=1S/C15H25F3N4Si2/c1-23(2,3)22(24(4,5)6)11-7-8-21-13(9-11)12(19)10-14(20)15(16,17)18/h7-10,19H,20H2,1-6H3. The molecule has 0 unspecified atom stereocenters. The van der Waals surface area contributed by atoms with Crippen LogP contribution in [0.1, 0.15) is 5.69 Å². The topological polar surface area (TPSA) is 66.0 Å². The highest BCUT2D eigenvalue weighted by Gasteiger charge is 2.35. The zero-order chi connectivity index (χ0) is 18.9. The zero-order valence-electron chi connectivity index (χ0n) is 14.9. The third kappa shape index (κ3) is 5.20. The van der Waals surface area contributed by atoms with Crippen LogP contribution in [0.15, 0.2) is 30.1 Å². The first kappa shape index (κ1) is 20.4. The van der Waals surface area contributed by atoms with Gasteiger partial charge in [-0.25, -0.2) is 0 Å². The number of rotatable bonds is 5. The van der Waals surface area contributed by atoms with E-state index in [1.54, 1.807) is 6.07 Å². The maximum atomic E-state index is 12.5. The number of nitrogens with two attached hydrogens (primary N) is 1. The first-order valence-electron chi connectivity index (χ1n) is 7.53. The van der Waals surface area contributed by atoms with Gasteiger partial charge in [0.25, 0.3) is 0 Å². The van der Waals surface area contributed by atoms with Crippen molar-refractivity contribution in [2.45, 2.75) is 45.5 Å². The molecule has 0 saturated heterocycles. The van der Waals surface area contributed by atoms with Gasteiger partial charge in [0.2, 0.25) is 0 Å². The molecule has 0 spiro atoms. The van der Waals surface area contributed by atoms with Crippen molar-refractivity contribution in [3.8, 4) is 0 Å². The molecule has 24 heavy (non-hydrogen) atoms. The molecular weight excluding hydrogens is 349 g/mol. The van der Waals surface area contributed by atoms with Crippen LogP contribution >= 0.6 is 0 Å². The molecule has 0 aliphatic rings. The molecule has 0 aliphatic carbocycles. The van der Waals surface area contributed by atoms with Crippen LogP contribution in [-0.2, 0) is 0 Å². The Kier molecular flexibility index (Phi) is 5.71. The highest BCUT2D eigenvalue weighted by molar-refractivity contribution is 6.99. The van der Waals surface area contributed by atoms with Gasteiger partial charge in [0.05, 0.1) is 11.4 Å². The Balaban J connectivity index is 3.30. The van der Waals surface area contributed by atoms with Crippen molar-refractivity contribution < 1.29 is 13.2 Å². The number of allylic oxidation sites excluding steroid dienone is 2. The first-order chi connectivity index (χ1) is 10.6. The van der Waals surface area contributed by atoms with E-state index in [0.29, 0.717) is 6.08 Å². The average molecular weight is 375 g/mol. The Morgan fingerprint density at radius 1 is 1.17 bits per heavy atom. The summed E-state index contributed by atoms with van der Waals surface area (Å²) in [5.41, 5.74) is 4.43. The molecule has 0 aromatic carbocycles. The minimum Gasteiger partial charge on any atom is -0.424 e. The fourth-order valence-electron chi connectivity index (χ4n) is 2.80. The maximum Gasteiger partial charge on any atom is 0.430 e. The van der Waals surface area contributed by atoms with Crippen molar-refractivity contribution >= 4 is 27.9 Å². The number of nitrogens with one attached hydrogen (secondary N) is 1. The lowest BCUT2D eigenvalue weighted by Crippen LogP contribution is -2.59. The predicted molar refractivity (Wildman–Crippen MR) is 98.6 cm³/mol. The Labute approximate surface area is 143 Å². The largest absolute Gasteiger partial charge is 0.430 e. The highest BCUT2D eigenvalue weighted by Crippen LogP contribution is 2.29. The molecule has 0 radical (unpaired) electrons. The van der Waals surface area contributed by atoms with Crippen molar-refractivity contribution in [1.29, 1.82) is 5.41 Å². The van der Waals surface area contributed by atoms with E-state index in [2.05, 4.69) is 48.5 Å². The molecule has 1 aromatic rings. The van der Waals surface area contributed by atoms with Gasteiger partial charge < -0.3 is 9.96 Å². The van der Waals surface area contributed by atoms with E-state index in [1.807, 2.05) is 6.07 Å². The van der Waals surface area contributed by atoms with Gasteiger partial charge in [0, 0.05) is 11.9 Å². The molecule has 4 nitrogen and oxygen atoms in total. The van der Waals surface area contributed by atoms with E-state index in [9.17, 15) is 13.2 Å². The normalized spacial score (nSPS) is 13.8. The van der Waals surface area contributed by atoms with Crippen LogP contribution in [-0.4, -0.2) is 33.3 Å². The SMILES string of the molecule is C[Si](C)(C)N(c1ccnc(C(=N)C=C(N)C(F)(F)F)c1)[Si](C)(C)C. The van der Waals surface area contributed by atoms with E-state index in [-0.39, 0.29) is 11.4 Å². The average Bonchev–Trinajstić information content (AvgIpc) is 2.34. The quantitative estimate of drug-likeness (QED) is 0.595. The lowest BCUT2D eigenvalue weighted by Gasteiger charge is -2.46. The van der Waals surface area contributed by atoms with Gasteiger partial charge in [0.1, 0.15) is 22.2 Å². The summed E-state index contributed by atoms with van der Waals surface area (Å²) in [4.78, 5) is 4.03. The monoisotopic (exact) mass is 374 g/mol. The summed E-state index contributed by atoms with van der Waals surface area (Å²) in [6.07, 6.45) is -2.50. The molecule has 0 atom stereocenters. The minimum atomic E-state index is -4.65. The maximum absolute atomic E-state index is 12.5. The van der Waals surface area contributed by atoms with E-state index >= 15 is 0 Å². The summed E-state index contributed by atoms with van der Waals surface area (Å²) in [7, 11) is -3.41. The predicted octanol–water partition coefficient (Wildman–Crippen LogP) is 4.33. The molecule has 0 bridgehead atoms. The van der Waals surface area contributed by atoms with Gasteiger partial charge in [-0.15, -0.1) is 0 Å². The minimum absolute atomic E-state index is 0.182. The van der Waals surface area contributed by atoms with Gasteiger partial charge in [-0.1, -0.05) is 39.3 Å².